The van der Waals surface area contributed by atoms with Gasteiger partial charge in [-0.2, -0.15) is 0 Å². The normalized spacial score (nSPS) is 21.6. The zero-order chi connectivity index (χ0) is 16.9. The van der Waals surface area contributed by atoms with Gasteiger partial charge in [0.25, 0.3) is 5.91 Å². The topological polar surface area (TPSA) is 87.5 Å². The van der Waals surface area contributed by atoms with Crippen LogP contribution in [0.5, 0.6) is 0 Å². The largest absolute Gasteiger partial charge is 0.377 e. The number of ether oxygens (including phenoxy) is 3. The highest BCUT2D eigenvalue weighted by molar-refractivity contribution is 5.91. The van der Waals surface area contributed by atoms with Crippen LogP contribution in [0.3, 0.4) is 0 Å². The fourth-order valence-corrected chi connectivity index (χ4v) is 2.73. The third-order valence-electron chi connectivity index (χ3n) is 4.68. The lowest BCUT2D eigenvalue weighted by Crippen LogP contribution is -2.43. The Bertz CT molecular complexity index is 507. The zero-order valence-corrected chi connectivity index (χ0v) is 14.2. The van der Waals surface area contributed by atoms with Crippen LogP contribution in [0.15, 0.2) is 6.20 Å². The molecule has 0 bridgehead atoms. The lowest BCUT2D eigenvalue weighted by molar-refractivity contribution is -0.0147. The second-order valence-corrected chi connectivity index (χ2v) is 5.74. The third kappa shape index (κ3) is 3.88. The fourth-order valence-electron chi connectivity index (χ4n) is 2.73. The van der Waals surface area contributed by atoms with Gasteiger partial charge in [-0.1, -0.05) is 19.1 Å². The van der Waals surface area contributed by atoms with Crippen molar-refractivity contribution in [1.29, 1.82) is 0 Å². The number of aromatic nitrogens is 3. The first-order valence-corrected chi connectivity index (χ1v) is 7.94. The van der Waals surface area contributed by atoms with Crippen LogP contribution in [0.1, 0.15) is 43.2 Å². The second-order valence-electron chi connectivity index (χ2n) is 5.74. The van der Waals surface area contributed by atoms with Crippen LogP contribution < -0.4 is 5.32 Å². The average Bonchev–Trinajstić information content (AvgIpc) is 3.25. The summed E-state index contributed by atoms with van der Waals surface area (Å²) in [5.74, 6) is -0.257. The first-order chi connectivity index (χ1) is 11.1. The summed E-state index contributed by atoms with van der Waals surface area (Å²) in [5, 5.41) is 10.9. The van der Waals surface area contributed by atoms with Crippen LogP contribution in [0.25, 0.3) is 0 Å². The molecule has 2 atom stereocenters. The number of rotatable bonds is 8. The molecule has 130 valence electrons. The van der Waals surface area contributed by atoms with Crippen molar-refractivity contribution in [3.05, 3.63) is 11.9 Å². The van der Waals surface area contributed by atoms with Crippen LogP contribution in [0.2, 0.25) is 0 Å². The summed E-state index contributed by atoms with van der Waals surface area (Å²) in [6.07, 6.45) is 3.20. The summed E-state index contributed by atoms with van der Waals surface area (Å²) >= 11 is 0. The Labute approximate surface area is 136 Å². The molecule has 0 saturated carbocycles. The third-order valence-corrected chi connectivity index (χ3v) is 4.68. The lowest BCUT2D eigenvalue weighted by Gasteiger charge is -2.30. The molecule has 2 rings (SSSR count). The molecule has 1 aliphatic rings. The van der Waals surface area contributed by atoms with Gasteiger partial charge in [-0.05, 0) is 12.8 Å². The molecule has 1 N–H and O–H groups in total. The predicted molar refractivity (Wildman–Crippen MR) is 83.3 cm³/mol. The molecule has 1 saturated heterocycles. The minimum absolute atomic E-state index is 0.0570. The maximum atomic E-state index is 12.3. The molecule has 1 aliphatic heterocycles. The van der Waals surface area contributed by atoms with E-state index >= 15 is 0 Å². The van der Waals surface area contributed by atoms with Crippen LogP contribution in [0.4, 0.5) is 0 Å². The Hall–Kier alpha value is -1.51. The van der Waals surface area contributed by atoms with Crippen LogP contribution >= 0.6 is 0 Å². The van der Waals surface area contributed by atoms with Crippen molar-refractivity contribution < 1.29 is 19.0 Å². The van der Waals surface area contributed by atoms with Crippen molar-refractivity contribution >= 4 is 5.91 Å². The van der Waals surface area contributed by atoms with Gasteiger partial charge in [-0.15, -0.1) is 5.10 Å². The second kappa shape index (κ2) is 7.85. The molecule has 1 aromatic rings. The highest BCUT2D eigenvalue weighted by atomic mass is 16.5. The molecule has 0 aliphatic carbocycles. The number of nitrogens with zero attached hydrogens (tertiary/aromatic N) is 3. The summed E-state index contributed by atoms with van der Waals surface area (Å²) in [6, 6.07) is -0.0570. The van der Waals surface area contributed by atoms with Gasteiger partial charge in [0.05, 0.1) is 25.0 Å². The van der Waals surface area contributed by atoms with Gasteiger partial charge in [0.2, 0.25) is 0 Å². The molecule has 0 aromatic carbocycles. The van der Waals surface area contributed by atoms with Gasteiger partial charge in [0.15, 0.2) is 5.69 Å². The van der Waals surface area contributed by atoms with E-state index < -0.39 is 0 Å². The monoisotopic (exact) mass is 326 g/mol. The van der Waals surface area contributed by atoms with E-state index in [1.807, 2.05) is 13.8 Å². The number of methoxy groups -OCH3 is 2. The quantitative estimate of drug-likeness (QED) is 0.760. The molecule has 8 nitrogen and oxygen atoms in total. The number of carbonyl (C=O) groups excluding carboxylic acids is 1. The zero-order valence-electron chi connectivity index (χ0n) is 14.2. The van der Waals surface area contributed by atoms with Crippen LogP contribution in [-0.4, -0.2) is 66.6 Å². The predicted octanol–water partition coefficient (Wildman–Crippen LogP) is 0.799. The van der Waals surface area contributed by atoms with E-state index in [-0.39, 0.29) is 29.3 Å². The van der Waals surface area contributed by atoms with Crippen molar-refractivity contribution in [2.45, 2.75) is 44.4 Å². The Balaban J connectivity index is 1.98. The van der Waals surface area contributed by atoms with E-state index in [0.29, 0.717) is 19.8 Å². The summed E-state index contributed by atoms with van der Waals surface area (Å²) in [7, 11) is 3.30. The number of carbonyl (C=O) groups is 1. The average molecular weight is 326 g/mol. The first-order valence-electron chi connectivity index (χ1n) is 7.94. The van der Waals surface area contributed by atoms with Crippen molar-refractivity contribution in [2.75, 3.05) is 34.0 Å². The Morgan fingerprint density at radius 3 is 2.78 bits per heavy atom. The van der Waals surface area contributed by atoms with Crippen molar-refractivity contribution in [3.63, 3.8) is 0 Å². The van der Waals surface area contributed by atoms with Gasteiger partial charge in [0, 0.05) is 20.8 Å². The van der Waals surface area contributed by atoms with E-state index in [2.05, 4.69) is 15.6 Å². The molecule has 0 unspecified atom stereocenters. The number of hydrogen-bond donors (Lipinski definition) is 1. The Kier molecular flexibility index (Phi) is 6.09. The summed E-state index contributed by atoms with van der Waals surface area (Å²) in [4.78, 5) is 12.3. The summed E-state index contributed by atoms with van der Waals surface area (Å²) in [5.41, 5.74) is -0.0597. The van der Waals surface area contributed by atoms with Gasteiger partial charge in [0.1, 0.15) is 12.1 Å². The molecule has 0 radical (unpaired) electrons. The van der Waals surface area contributed by atoms with Crippen LogP contribution in [0, 0.1) is 0 Å². The molecule has 1 amide bonds. The fraction of sp³-hybridized carbons (Fsp3) is 0.800. The van der Waals surface area contributed by atoms with Crippen molar-refractivity contribution in [1.82, 2.24) is 20.3 Å². The summed E-state index contributed by atoms with van der Waals surface area (Å²) < 4.78 is 17.9. The summed E-state index contributed by atoms with van der Waals surface area (Å²) in [6.45, 7) is 5.55. The Morgan fingerprint density at radius 1 is 1.43 bits per heavy atom. The standard InChI is InChI=1S/C15H26N4O4/c1-5-15(6-2,22-4)10-16-14(20)11-7-19(18-17-11)12-8-23-9-13(12)21-3/h7,12-13H,5-6,8-10H2,1-4H3,(H,16,20)/t12-,13-/m1/s1. The molecular formula is C15H26N4O4. The molecule has 1 fully saturated rings. The lowest BCUT2D eigenvalue weighted by atomic mass is 9.97. The maximum absolute atomic E-state index is 12.3. The first kappa shape index (κ1) is 17.8. The van der Waals surface area contributed by atoms with Gasteiger partial charge >= 0.3 is 0 Å². The highest BCUT2D eigenvalue weighted by Gasteiger charge is 2.31. The smallest absolute Gasteiger partial charge is 0.273 e. The van der Waals surface area contributed by atoms with Crippen molar-refractivity contribution in [3.8, 4) is 0 Å². The van der Waals surface area contributed by atoms with Gasteiger partial charge in [-0.3, -0.25) is 4.79 Å². The molecular weight excluding hydrogens is 300 g/mol. The van der Waals surface area contributed by atoms with E-state index in [0.717, 1.165) is 12.8 Å². The number of amides is 1. The molecule has 2 heterocycles. The Morgan fingerprint density at radius 2 is 2.17 bits per heavy atom. The number of hydrogen-bond acceptors (Lipinski definition) is 6. The molecule has 8 heteroatoms. The van der Waals surface area contributed by atoms with Gasteiger partial charge in [-0.25, -0.2) is 4.68 Å². The van der Waals surface area contributed by atoms with E-state index in [4.69, 9.17) is 14.2 Å². The molecule has 23 heavy (non-hydrogen) atoms. The minimum Gasteiger partial charge on any atom is -0.377 e. The van der Waals surface area contributed by atoms with Crippen LogP contribution in [-0.2, 0) is 14.2 Å². The van der Waals surface area contributed by atoms with E-state index in [9.17, 15) is 4.79 Å². The highest BCUT2D eigenvalue weighted by Crippen LogP contribution is 2.21. The van der Waals surface area contributed by atoms with Crippen molar-refractivity contribution in [2.24, 2.45) is 0 Å². The molecule has 1 aromatic heterocycles. The van der Waals surface area contributed by atoms with E-state index in [1.165, 1.54) is 0 Å². The maximum Gasteiger partial charge on any atom is 0.273 e. The van der Waals surface area contributed by atoms with Gasteiger partial charge < -0.3 is 19.5 Å². The number of nitrogens with one attached hydrogen (secondary N) is 1. The van der Waals surface area contributed by atoms with E-state index in [1.54, 1.807) is 25.1 Å². The molecule has 0 spiro atoms. The minimum atomic E-state index is -0.341. The SMILES string of the molecule is CCC(CC)(CNC(=O)c1cn([C@@H]2COC[C@H]2OC)nn1)OC.